The van der Waals surface area contributed by atoms with Crippen LogP contribution in [-0.2, 0) is 11.3 Å². The van der Waals surface area contributed by atoms with E-state index in [1.165, 1.54) is 24.0 Å². The van der Waals surface area contributed by atoms with Gasteiger partial charge in [-0.1, -0.05) is 74.4 Å². The van der Waals surface area contributed by atoms with Gasteiger partial charge >= 0.3 is 0 Å². The van der Waals surface area contributed by atoms with Gasteiger partial charge < -0.3 is 9.47 Å². The molecule has 24 heavy (non-hydrogen) atoms. The van der Waals surface area contributed by atoms with Crippen LogP contribution < -0.4 is 4.74 Å². The quantitative estimate of drug-likeness (QED) is 0.544. The summed E-state index contributed by atoms with van der Waals surface area (Å²) in [6, 6.07) is 18.5. The van der Waals surface area contributed by atoms with Gasteiger partial charge in [-0.15, -0.1) is 0 Å². The van der Waals surface area contributed by atoms with Crippen LogP contribution in [0.5, 0.6) is 5.75 Å². The Bertz CT molecular complexity index is 587. The monoisotopic (exact) mass is 324 g/mol. The molecule has 0 aromatic heterocycles. The molecule has 0 aliphatic carbocycles. The summed E-state index contributed by atoms with van der Waals surface area (Å²) in [5.74, 6) is 0.888. The molecular formula is C22H28O2. The van der Waals surface area contributed by atoms with Gasteiger partial charge in [0.25, 0.3) is 0 Å². The van der Waals surface area contributed by atoms with Crippen LogP contribution in [0.15, 0.2) is 60.7 Å². The Morgan fingerprint density at radius 2 is 1.75 bits per heavy atom. The van der Waals surface area contributed by atoms with Gasteiger partial charge in [-0.3, -0.25) is 0 Å². The Labute approximate surface area is 146 Å². The van der Waals surface area contributed by atoms with Crippen LogP contribution >= 0.6 is 0 Å². The first-order chi connectivity index (χ1) is 11.8. The van der Waals surface area contributed by atoms with Gasteiger partial charge in [0.1, 0.15) is 5.75 Å². The Balaban J connectivity index is 1.86. The molecule has 1 atom stereocenters. The molecule has 0 spiro atoms. The van der Waals surface area contributed by atoms with Gasteiger partial charge in [0.05, 0.1) is 19.8 Å². The lowest BCUT2D eigenvalue weighted by atomic mass is 10.1. The van der Waals surface area contributed by atoms with Crippen molar-refractivity contribution in [2.75, 3.05) is 7.11 Å². The van der Waals surface area contributed by atoms with Crippen LogP contribution in [0.2, 0.25) is 0 Å². The maximum atomic E-state index is 6.13. The van der Waals surface area contributed by atoms with Crippen LogP contribution in [0.4, 0.5) is 0 Å². The number of ether oxygens (including phenoxy) is 2. The van der Waals surface area contributed by atoms with Gasteiger partial charge in [0.2, 0.25) is 0 Å². The number of hydrogen-bond acceptors (Lipinski definition) is 2. The van der Waals surface area contributed by atoms with E-state index in [4.69, 9.17) is 9.47 Å². The predicted octanol–water partition coefficient (Wildman–Crippen LogP) is 5.87. The molecule has 0 fully saturated rings. The Hall–Kier alpha value is -2.06. The summed E-state index contributed by atoms with van der Waals surface area (Å²) in [5.41, 5.74) is 2.42. The average molecular weight is 324 g/mol. The summed E-state index contributed by atoms with van der Waals surface area (Å²) in [6.07, 6.45) is 9.11. The lowest BCUT2D eigenvalue weighted by Crippen LogP contribution is -2.12. The second-order valence-corrected chi connectivity index (χ2v) is 5.97. The molecule has 0 saturated carbocycles. The second-order valence-electron chi connectivity index (χ2n) is 5.97. The molecule has 0 N–H and O–H groups in total. The smallest absolute Gasteiger partial charge is 0.118 e. The third kappa shape index (κ3) is 6.59. The lowest BCUT2D eigenvalue weighted by molar-refractivity contribution is 0.0357. The molecule has 0 aliphatic heterocycles. The summed E-state index contributed by atoms with van der Waals surface area (Å²) >= 11 is 0. The normalized spacial score (nSPS) is 12.4. The van der Waals surface area contributed by atoms with Crippen molar-refractivity contribution < 1.29 is 9.47 Å². The minimum atomic E-state index is 0.277. The SMILES string of the molecule is CCCC[C@H](C/C=C\c1ccc(OC)cc1)OCc1ccccc1. The zero-order valence-corrected chi connectivity index (χ0v) is 14.8. The molecule has 0 amide bonds. The third-order valence-electron chi connectivity index (χ3n) is 4.03. The maximum absolute atomic E-state index is 6.13. The molecule has 0 bridgehead atoms. The first kappa shape index (κ1) is 18.3. The van der Waals surface area contributed by atoms with Gasteiger partial charge in [0, 0.05) is 0 Å². The van der Waals surface area contributed by atoms with Gasteiger partial charge in [-0.25, -0.2) is 0 Å². The summed E-state index contributed by atoms with van der Waals surface area (Å²) in [4.78, 5) is 0. The van der Waals surface area contributed by atoms with Gasteiger partial charge in [0.15, 0.2) is 0 Å². The van der Waals surface area contributed by atoms with E-state index in [0.717, 1.165) is 18.6 Å². The van der Waals surface area contributed by atoms with Crippen LogP contribution in [0.1, 0.15) is 43.7 Å². The largest absolute Gasteiger partial charge is 0.497 e. The van der Waals surface area contributed by atoms with Crippen LogP contribution in [0, 0.1) is 0 Å². The molecule has 0 aliphatic rings. The molecule has 2 heteroatoms. The highest BCUT2D eigenvalue weighted by Crippen LogP contribution is 2.16. The van der Waals surface area contributed by atoms with Crippen LogP contribution in [-0.4, -0.2) is 13.2 Å². The van der Waals surface area contributed by atoms with E-state index in [9.17, 15) is 0 Å². The molecule has 2 nitrogen and oxygen atoms in total. The average Bonchev–Trinajstić information content (AvgIpc) is 2.65. The zero-order chi connectivity index (χ0) is 17.0. The fourth-order valence-corrected chi connectivity index (χ4v) is 2.56. The molecule has 0 heterocycles. The molecule has 128 valence electrons. The van der Waals surface area contributed by atoms with E-state index in [2.05, 4.69) is 55.5 Å². The van der Waals surface area contributed by atoms with E-state index >= 15 is 0 Å². The van der Waals surface area contributed by atoms with Crippen molar-refractivity contribution >= 4 is 6.08 Å². The first-order valence-electron chi connectivity index (χ1n) is 8.78. The van der Waals surface area contributed by atoms with Crippen molar-refractivity contribution in [1.82, 2.24) is 0 Å². The first-order valence-corrected chi connectivity index (χ1v) is 8.78. The second kappa shape index (κ2) is 10.7. The fraction of sp³-hybridized carbons (Fsp3) is 0.364. The molecule has 0 saturated heterocycles. The van der Waals surface area contributed by atoms with Gasteiger partial charge in [-0.2, -0.15) is 0 Å². The van der Waals surface area contributed by atoms with Crippen molar-refractivity contribution in [1.29, 1.82) is 0 Å². The summed E-state index contributed by atoms with van der Waals surface area (Å²) < 4.78 is 11.3. The van der Waals surface area contributed by atoms with E-state index in [1.54, 1.807) is 7.11 Å². The Morgan fingerprint density at radius 1 is 1.00 bits per heavy atom. The molecule has 2 aromatic rings. The van der Waals surface area contributed by atoms with Crippen LogP contribution in [0.3, 0.4) is 0 Å². The summed E-state index contributed by atoms with van der Waals surface area (Å²) in [6.45, 7) is 2.91. The van der Waals surface area contributed by atoms with Crippen molar-refractivity contribution in [2.24, 2.45) is 0 Å². The van der Waals surface area contributed by atoms with E-state index in [-0.39, 0.29) is 6.10 Å². The topological polar surface area (TPSA) is 18.5 Å². The molecule has 2 aromatic carbocycles. The Morgan fingerprint density at radius 3 is 2.42 bits per heavy atom. The predicted molar refractivity (Wildman–Crippen MR) is 101 cm³/mol. The molecular weight excluding hydrogens is 296 g/mol. The van der Waals surface area contributed by atoms with Crippen molar-refractivity contribution in [3.05, 3.63) is 71.8 Å². The fourth-order valence-electron chi connectivity index (χ4n) is 2.56. The number of hydrogen-bond donors (Lipinski definition) is 0. The number of methoxy groups -OCH3 is 1. The van der Waals surface area contributed by atoms with E-state index < -0.39 is 0 Å². The minimum absolute atomic E-state index is 0.277. The maximum Gasteiger partial charge on any atom is 0.118 e. The van der Waals surface area contributed by atoms with Gasteiger partial charge in [-0.05, 0) is 36.1 Å². The standard InChI is InChI=1S/C22H28O2/c1-3-4-12-22(24-18-20-9-6-5-7-10-20)13-8-11-19-14-16-21(23-2)17-15-19/h5-11,14-17,22H,3-4,12-13,18H2,1-2H3/b11-8-/t22-/m1/s1. The van der Waals surface area contributed by atoms with Crippen molar-refractivity contribution in [2.45, 2.75) is 45.3 Å². The lowest BCUT2D eigenvalue weighted by Gasteiger charge is -2.16. The highest BCUT2D eigenvalue weighted by Gasteiger charge is 2.07. The number of rotatable bonds is 10. The number of unbranched alkanes of at least 4 members (excludes halogenated alkanes) is 1. The third-order valence-corrected chi connectivity index (χ3v) is 4.03. The summed E-state index contributed by atoms with van der Waals surface area (Å²) in [7, 11) is 1.69. The number of benzene rings is 2. The van der Waals surface area contributed by atoms with Crippen molar-refractivity contribution in [3.8, 4) is 5.75 Å². The van der Waals surface area contributed by atoms with E-state index in [0.29, 0.717) is 6.61 Å². The van der Waals surface area contributed by atoms with Crippen LogP contribution in [0.25, 0.3) is 6.08 Å². The minimum Gasteiger partial charge on any atom is -0.497 e. The highest BCUT2D eigenvalue weighted by molar-refractivity contribution is 5.50. The Kier molecular flexibility index (Phi) is 8.12. The van der Waals surface area contributed by atoms with Crippen molar-refractivity contribution in [3.63, 3.8) is 0 Å². The molecule has 0 radical (unpaired) electrons. The highest BCUT2D eigenvalue weighted by atomic mass is 16.5. The zero-order valence-electron chi connectivity index (χ0n) is 14.8. The molecule has 0 unspecified atom stereocenters. The molecule has 2 rings (SSSR count). The van der Waals surface area contributed by atoms with E-state index in [1.807, 2.05) is 18.2 Å². The summed E-state index contributed by atoms with van der Waals surface area (Å²) in [5, 5.41) is 0.